The van der Waals surface area contributed by atoms with Gasteiger partial charge in [-0.1, -0.05) is 12.1 Å². The van der Waals surface area contributed by atoms with Crippen LogP contribution < -0.4 is 0 Å². The highest BCUT2D eigenvalue weighted by atomic mass is 32.2. The van der Waals surface area contributed by atoms with Gasteiger partial charge in [-0.25, -0.2) is 21.8 Å². The molecule has 0 saturated carbocycles. The molecule has 1 saturated heterocycles. The second-order valence-corrected chi connectivity index (χ2v) is 10.1. The van der Waals surface area contributed by atoms with E-state index in [-0.39, 0.29) is 36.8 Å². The molecule has 13 heteroatoms. The molecule has 1 amide bonds. The molecule has 2 heterocycles. The largest absolute Gasteiger partial charge is 0.341 e. The zero-order valence-electron chi connectivity index (χ0n) is 15.0. The van der Waals surface area contributed by atoms with E-state index >= 15 is 0 Å². The third-order valence-corrected chi connectivity index (χ3v) is 7.75. The number of alkyl halides is 2. The summed E-state index contributed by atoms with van der Waals surface area (Å²) < 4.78 is 76.1. The van der Waals surface area contributed by atoms with Gasteiger partial charge in [-0.2, -0.15) is 13.1 Å². The summed E-state index contributed by atoms with van der Waals surface area (Å²) in [6.07, 6.45) is 2.71. The molecule has 29 heavy (non-hydrogen) atoms. The van der Waals surface area contributed by atoms with E-state index in [9.17, 15) is 30.4 Å². The number of sulfonamides is 1. The molecule has 0 spiro atoms. The molecule has 1 N–H and O–H groups in total. The molecule has 0 radical (unpaired) electrons. The first-order chi connectivity index (χ1) is 13.7. The molecule has 0 unspecified atom stereocenters. The number of aromatic nitrogens is 2. The van der Waals surface area contributed by atoms with E-state index in [1.165, 1.54) is 39.9 Å². The third-order valence-electron chi connectivity index (χ3n) is 4.49. The van der Waals surface area contributed by atoms with Gasteiger partial charge >= 0.3 is 5.76 Å². The smallest absolute Gasteiger partial charge is 0.337 e. The van der Waals surface area contributed by atoms with Crippen LogP contribution in [0.2, 0.25) is 0 Å². The minimum absolute atomic E-state index is 0.0186. The molecule has 3 rings (SSSR count). The summed E-state index contributed by atoms with van der Waals surface area (Å²) >= 11 is 0. The van der Waals surface area contributed by atoms with Gasteiger partial charge in [0.1, 0.15) is 0 Å². The summed E-state index contributed by atoms with van der Waals surface area (Å²) in [4.78, 5) is 19.6. The Balaban J connectivity index is 1.83. The van der Waals surface area contributed by atoms with Crippen molar-refractivity contribution in [3.63, 3.8) is 0 Å². The lowest BCUT2D eigenvalue weighted by atomic mass is 10.2. The molecule has 1 fully saturated rings. The van der Waals surface area contributed by atoms with Crippen molar-refractivity contribution in [1.82, 2.24) is 19.2 Å². The van der Waals surface area contributed by atoms with Gasteiger partial charge in [-0.05, 0) is 18.6 Å². The molecule has 2 aromatic rings. The van der Waals surface area contributed by atoms with Crippen LogP contribution in [0.1, 0.15) is 16.8 Å². The number of halogens is 2. The molecule has 0 bridgehead atoms. The average molecular weight is 448 g/mol. The van der Waals surface area contributed by atoms with E-state index in [2.05, 4.69) is 9.97 Å². The molecule has 1 aliphatic rings. The Morgan fingerprint density at radius 3 is 2.45 bits per heavy atom. The van der Waals surface area contributed by atoms with Crippen LogP contribution in [0, 0.1) is 0 Å². The van der Waals surface area contributed by atoms with Crippen LogP contribution in [0.5, 0.6) is 0 Å². The fourth-order valence-corrected chi connectivity index (χ4v) is 5.31. The molecule has 1 aliphatic heterocycles. The fourth-order valence-electron chi connectivity index (χ4n) is 3.02. The number of benzene rings is 1. The molecule has 9 nitrogen and oxygen atoms in total. The summed E-state index contributed by atoms with van der Waals surface area (Å²) in [7, 11) is -8.78. The Labute approximate surface area is 166 Å². The van der Waals surface area contributed by atoms with Crippen LogP contribution in [0.15, 0.2) is 46.7 Å². The number of aromatic amines is 1. The number of imidazole rings is 1. The normalized spacial score (nSPS) is 16.7. The number of amides is 1. The van der Waals surface area contributed by atoms with Gasteiger partial charge < -0.3 is 9.88 Å². The van der Waals surface area contributed by atoms with Gasteiger partial charge in [0.05, 0.1) is 23.0 Å². The maximum absolute atomic E-state index is 13.0. The highest BCUT2D eigenvalue weighted by Gasteiger charge is 2.34. The van der Waals surface area contributed by atoms with Crippen molar-refractivity contribution in [3.8, 4) is 0 Å². The number of hydrogen-bond acceptors (Lipinski definition) is 6. The lowest BCUT2D eigenvalue weighted by molar-refractivity contribution is 0.0760. The number of carbonyl (C=O) groups is 1. The topological polar surface area (TPSA) is 121 Å². The van der Waals surface area contributed by atoms with Crippen LogP contribution in [0.25, 0.3) is 0 Å². The van der Waals surface area contributed by atoms with E-state index in [0.29, 0.717) is 6.42 Å². The van der Waals surface area contributed by atoms with Gasteiger partial charge in [0.15, 0.2) is 5.03 Å². The predicted molar refractivity (Wildman–Crippen MR) is 97.5 cm³/mol. The monoisotopic (exact) mass is 448 g/mol. The molecule has 158 valence electrons. The summed E-state index contributed by atoms with van der Waals surface area (Å²) in [5.41, 5.74) is -0.363. The standard InChI is InChI=1S/C16H18F2N4O5S2/c17-16(18)28(24,25)13-5-2-1-4-12(13)15(23)21-6-3-7-22(9-8-21)29(26,27)14-10-19-11-20-14/h1-2,4-5,10-11,16H,3,6-9H2,(H,19,20). The van der Waals surface area contributed by atoms with Crippen molar-refractivity contribution in [2.24, 2.45) is 0 Å². The quantitative estimate of drug-likeness (QED) is 0.727. The van der Waals surface area contributed by atoms with Gasteiger partial charge in [0.2, 0.25) is 9.84 Å². The van der Waals surface area contributed by atoms with Crippen molar-refractivity contribution in [1.29, 1.82) is 0 Å². The second-order valence-electron chi connectivity index (χ2n) is 6.27. The van der Waals surface area contributed by atoms with Crippen LogP contribution >= 0.6 is 0 Å². The molecule has 0 aliphatic carbocycles. The Morgan fingerprint density at radius 2 is 1.79 bits per heavy atom. The number of hydrogen-bond donors (Lipinski definition) is 1. The first kappa shape index (κ1) is 21.3. The Bertz CT molecular complexity index is 1090. The second kappa shape index (κ2) is 8.16. The summed E-state index contributed by atoms with van der Waals surface area (Å²) in [5, 5.41) is -0.0781. The molecule has 1 aromatic carbocycles. The lowest BCUT2D eigenvalue weighted by Crippen LogP contribution is -2.38. The Hall–Kier alpha value is -2.38. The van der Waals surface area contributed by atoms with Gasteiger partial charge in [-0.15, -0.1) is 0 Å². The number of rotatable bonds is 5. The minimum Gasteiger partial charge on any atom is -0.337 e. The fraction of sp³-hybridized carbons (Fsp3) is 0.375. The first-order valence-corrected chi connectivity index (χ1v) is 11.5. The molecule has 1 aromatic heterocycles. The maximum Gasteiger partial charge on any atom is 0.341 e. The summed E-state index contributed by atoms with van der Waals surface area (Å²) in [5.74, 6) is -4.40. The van der Waals surface area contributed by atoms with Gasteiger partial charge in [0, 0.05) is 26.2 Å². The Kier molecular flexibility index (Phi) is 6.00. The van der Waals surface area contributed by atoms with E-state index in [1.807, 2.05) is 0 Å². The van der Waals surface area contributed by atoms with Crippen molar-refractivity contribution >= 4 is 25.8 Å². The maximum atomic E-state index is 13.0. The van der Waals surface area contributed by atoms with Gasteiger partial charge in [-0.3, -0.25) is 4.79 Å². The predicted octanol–water partition coefficient (Wildman–Crippen LogP) is 0.943. The van der Waals surface area contributed by atoms with Crippen molar-refractivity contribution in [2.45, 2.75) is 22.1 Å². The van der Waals surface area contributed by atoms with Crippen LogP contribution in [0.4, 0.5) is 8.78 Å². The first-order valence-electron chi connectivity index (χ1n) is 8.54. The van der Waals surface area contributed by atoms with Crippen LogP contribution in [-0.2, 0) is 19.9 Å². The van der Waals surface area contributed by atoms with Crippen molar-refractivity contribution in [3.05, 3.63) is 42.4 Å². The number of nitrogens with zero attached hydrogens (tertiary/aromatic N) is 3. The van der Waals surface area contributed by atoms with Crippen molar-refractivity contribution < 1.29 is 30.4 Å². The van der Waals surface area contributed by atoms with E-state index < -0.39 is 36.4 Å². The molecule has 0 atom stereocenters. The molecular weight excluding hydrogens is 430 g/mol. The average Bonchev–Trinajstić information content (AvgIpc) is 3.12. The lowest BCUT2D eigenvalue weighted by Gasteiger charge is -2.22. The number of sulfone groups is 1. The highest BCUT2D eigenvalue weighted by Crippen LogP contribution is 2.24. The van der Waals surface area contributed by atoms with E-state index in [4.69, 9.17) is 0 Å². The zero-order chi connectivity index (χ0) is 21.2. The van der Waals surface area contributed by atoms with Gasteiger partial charge in [0.25, 0.3) is 15.9 Å². The van der Waals surface area contributed by atoms with E-state index in [0.717, 1.165) is 6.07 Å². The highest BCUT2D eigenvalue weighted by molar-refractivity contribution is 7.91. The molecular formula is C16H18F2N4O5S2. The summed E-state index contributed by atoms with van der Waals surface area (Å²) in [6, 6.07) is 4.76. The van der Waals surface area contributed by atoms with Crippen LogP contribution in [-0.4, -0.2) is 73.9 Å². The Morgan fingerprint density at radius 1 is 1.07 bits per heavy atom. The summed E-state index contributed by atoms with van der Waals surface area (Å²) in [6.45, 7) is 0.241. The number of nitrogens with one attached hydrogen (secondary N) is 1. The zero-order valence-corrected chi connectivity index (χ0v) is 16.7. The number of H-pyrrole nitrogens is 1. The minimum atomic E-state index is -4.96. The third kappa shape index (κ3) is 4.16. The SMILES string of the molecule is O=C(c1ccccc1S(=O)(=O)C(F)F)N1CCCN(S(=O)(=O)c2cnc[nH]2)CC1. The van der Waals surface area contributed by atoms with E-state index in [1.54, 1.807) is 0 Å². The number of carbonyl (C=O) groups excluding carboxylic acids is 1. The van der Waals surface area contributed by atoms with Crippen molar-refractivity contribution in [2.75, 3.05) is 26.2 Å². The van der Waals surface area contributed by atoms with Crippen LogP contribution in [0.3, 0.4) is 0 Å².